The van der Waals surface area contributed by atoms with Gasteiger partial charge < -0.3 is 10.5 Å². The number of nitrogens with zero attached hydrogens (tertiary/aromatic N) is 1. The van der Waals surface area contributed by atoms with Crippen molar-refractivity contribution in [2.45, 2.75) is 23.3 Å². The van der Waals surface area contributed by atoms with Crippen LogP contribution in [0.1, 0.15) is 11.5 Å². The molecule has 0 bridgehead atoms. The highest BCUT2D eigenvalue weighted by Crippen LogP contribution is 2.31. The third kappa shape index (κ3) is 4.03. The smallest absolute Gasteiger partial charge is 0.272 e. The lowest BCUT2D eigenvalue weighted by molar-refractivity contribution is 0.0819. The van der Waals surface area contributed by atoms with E-state index in [0.717, 1.165) is 5.56 Å². The van der Waals surface area contributed by atoms with Crippen LogP contribution in [0.5, 0.6) is 5.75 Å². The molecule has 140 valence electrons. The van der Waals surface area contributed by atoms with Crippen LogP contribution in [0.15, 0.2) is 59.5 Å². The molecular formula is C18H20F2N2O3S. The molecular weight excluding hydrogens is 362 g/mol. The Morgan fingerprint density at radius 3 is 2.35 bits per heavy atom. The van der Waals surface area contributed by atoms with Crippen LogP contribution in [0.3, 0.4) is 0 Å². The summed E-state index contributed by atoms with van der Waals surface area (Å²) in [4.78, 5) is 0.0859. The molecule has 0 aliphatic carbocycles. The summed E-state index contributed by atoms with van der Waals surface area (Å²) in [5.74, 6) is 0.129. The Balaban J connectivity index is 1.74. The molecule has 2 atom stereocenters. The molecule has 1 aliphatic rings. The minimum absolute atomic E-state index is 0.0698. The number of sulfonamides is 1. The van der Waals surface area contributed by atoms with Crippen LogP contribution in [0.2, 0.25) is 0 Å². The first-order valence-corrected chi connectivity index (χ1v) is 9.63. The number of hydrogen-bond donors (Lipinski definition) is 1. The van der Waals surface area contributed by atoms with Gasteiger partial charge in [-0.1, -0.05) is 30.3 Å². The molecule has 0 spiro atoms. The second kappa shape index (κ2) is 7.69. The lowest BCUT2D eigenvalue weighted by Crippen LogP contribution is -2.32. The maximum Gasteiger partial charge on any atom is 0.272 e. The zero-order valence-electron chi connectivity index (χ0n) is 14.0. The molecule has 0 radical (unpaired) electrons. The van der Waals surface area contributed by atoms with E-state index in [-0.39, 0.29) is 29.1 Å². The third-order valence-electron chi connectivity index (χ3n) is 4.40. The predicted molar refractivity (Wildman–Crippen MR) is 93.9 cm³/mol. The number of ether oxygens (including phenoxy) is 1. The summed E-state index contributed by atoms with van der Waals surface area (Å²) in [6, 6.07) is 14.8. The molecule has 26 heavy (non-hydrogen) atoms. The van der Waals surface area contributed by atoms with Crippen LogP contribution in [0.25, 0.3) is 0 Å². The lowest BCUT2D eigenvalue weighted by atomic mass is 9.95. The fraction of sp³-hybridized carbons (Fsp3) is 0.333. The molecule has 5 nitrogen and oxygen atoms in total. The van der Waals surface area contributed by atoms with E-state index in [4.69, 9.17) is 10.5 Å². The SMILES string of the molecule is N[C@@H]1CN(S(=O)(=O)c2ccc(OCC(F)F)cc2)C[C@H]1c1ccccc1. The first-order chi connectivity index (χ1) is 12.4. The summed E-state index contributed by atoms with van der Waals surface area (Å²) in [6.45, 7) is -0.200. The van der Waals surface area contributed by atoms with Crippen molar-refractivity contribution < 1.29 is 21.9 Å². The van der Waals surface area contributed by atoms with Crippen LogP contribution in [0, 0.1) is 0 Å². The van der Waals surface area contributed by atoms with E-state index >= 15 is 0 Å². The van der Waals surface area contributed by atoms with E-state index in [1.165, 1.54) is 28.6 Å². The quantitative estimate of drug-likeness (QED) is 0.833. The first-order valence-electron chi connectivity index (χ1n) is 8.19. The summed E-state index contributed by atoms with van der Waals surface area (Å²) < 4.78 is 56.3. The van der Waals surface area contributed by atoms with Gasteiger partial charge in [0.25, 0.3) is 6.43 Å². The van der Waals surface area contributed by atoms with Gasteiger partial charge in [-0.2, -0.15) is 4.31 Å². The summed E-state index contributed by atoms with van der Waals surface area (Å²) in [6.07, 6.45) is -2.58. The molecule has 2 aromatic rings. The fourth-order valence-corrected chi connectivity index (χ4v) is 4.56. The maximum atomic E-state index is 12.8. The predicted octanol–water partition coefficient (Wildman–Crippen LogP) is 2.45. The fourth-order valence-electron chi connectivity index (χ4n) is 3.06. The molecule has 3 rings (SSSR count). The highest BCUT2D eigenvalue weighted by atomic mass is 32.2. The molecule has 2 aromatic carbocycles. The summed E-state index contributed by atoms with van der Waals surface area (Å²) in [5.41, 5.74) is 7.18. The van der Waals surface area contributed by atoms with Gasteiger partial charge in [0, 0.05) is 25.0 Å². The molecule has 0 unspecified atom stereocenters. The minimum Gasteiger partial charge on any atom is -0.488 e. The van der Waals surface area contributed by atoms with Gasteiger partial charge in [0.2, 0.25) is 10.0 Å². The highest BCUT2D eigenvalue weighted by Gasteiger charge is 2.38. The topological polar surface area (TPSA) is 72.6 Å². The average Bonchev–Trinajstić information content (AvgIpc) is 3.03. The van der Waals surface area contributed by atoms with Gasteiger partial charge in [-0.05, 0) is 29.8 Å². The van der Waals surface area contributed by atoms with E-state index < -0.39 is 23.1 Å². The second-order valence-electron chi connectivity index (χ2n) is 6.18. The van der Waals surface area contributed by atoms with Crippen LogP contribution in [-0.4, -0.2) is 44.9 Å². The zero-order valence-corrected chi connectivity index (χ0v) is 14.8. The van der Waals surface area contributed by atoms with Crippen molar-refractivity contribution in [3.63, 3.8) is 0 Å². The van der Waals surface area contributed by atoms with Gasteiger partial charge in [-0.25, -0.2) is 17.2 Å². The Bertz CT molecular complexity index is 829. The van der Waals surface area contributed by atoms with E-state index in [0.29, 0.717) is 6.54 Å². The van der Waals surface area contributed by atoms with Gasteiger partial charge in [0.05, 0.1) is 4.90 Å². The van der Waals surface area contributed by atoms with E-state index in [2.05, 4.69) is 0 Å². The number of nitrogens with two attached hydrogens (primary N) is 1. The molecule has 8 heteroatoms. The monoisotopic (exact) mass is 382 g/mol. The van der Waals surface area contributed by atoms with Gasteiger partial charge in [-0.15, -0.1) is 0 Å². The van der Waals surface area contributed by atoms with Crippen LogP contribution in [-0.2, 0) is 10.0 Å². The Morgan fingerprint density at radius 1 is 1.08 bits per heavy atom. The second-order valence-corrected chi connectivity index (χ2v) is 8.11. The Morgan fingerprint density at radius 2 is 1.73 bits per heavy atom. The van der Waals surface area contributed by atoms with Gasteiger partial charge in [0.1, 0.15) is 12.4 Å². The average molecular weight is 382 g/mol. The number of hydrogen-bond acceptors (Lipinski definition) is 4. The van der Waals surface area contributed by atoms with Crippen LogP contribution in [0.4, 0.5) is 8.78 Å². The normalized spacial score (nSPS) is 21.2. The molecule has 1 fully saturated rings. The molecule has 0 aromatic heterocycles. The van der Waals surface area contributed by atoms with Crippen molar-refractivity contribution in [2.75, 3.05) is 19.7 Å². The highest BCUT2D eigenvalue weighted by molar-refractivity contribution is 7.89. The standard InChI is InChI=1S/C18H20F2N2O3S/c19-18(20)12-25-14-6-8-15(9-7-14)26(23,24)22-10-16(17(21)11-22)13-4-2-1-3-5-13/h1-9,16-18H,10-12,21H2/t16-,17+/m0/s1. The minimum atomic E-state index is -3.71. The Kier molecular flexibility index (Phi) is 5.55. The van der Waals surface area contributed by atoms with Gasteiger partial charge >= 0.3 is 0 Å². The summed E-state index contributed by atoms with van der Waals surface area (Å²) in [7, 11) is -3.71. The van der Waals surface area contributed by atoms with Crippen LogP contribution >= 0.6 is 0 Å². The van der Waals surface area contributed by atoms with Crippen molar-refractivity contribution in [3.8, 4) is 5.75 Å². The Hall–Kier alpha value is -2.03. The number of rotatable bonds is 6. The van der Waals surface area contributed by atoms with E-state index in [1.807, 2.05) is 30.3 Å². The van der Waals surface area contributed by atoms with Crippen molar-refractivity contribution in [2.24, 2.45) is 5.73 Å². The van der Waals surface area contributed by atoms with Crippen molar-refractivity contribution in [1.82, 2.24) is 4.31 Å². The maximum absolute atomic E-state index is 12.8. The zero-order chi connectivity index (χ0) is 18.7. The molecule has 0 saturated carbocycles. The number of alkyl halides is 2. The van der Waals surface area contributed by atoms with E-state index in [1.54, 1.807) is 0 Å². The van der Waals surface area contributed by atoms with Gasteiger partial charge in [0.15, 0.2) is 0 Å². The van der Waals surface area contributed by atoms with Gasteiger partial charge in [-0.3, -0.25) is 0 Å². The summed E-state index contributed by atoms with van der Waals surface area (Å²) in [5, 5.41) is 0. The number of halogens is 2. The summed E-state index contributed by atoms with van der Waals surface area (Å²) >= 11 is 0. The third-order valence-corrected chi connectivity index (χ3v) is 6.24. The van der Waals surface area contributed by atoms with Crippen molar-refractivity contribution in [1.29, 1.82) is 0 Å². The molecule has 2 N–H and O–H groups in total. The van der Waals surface area contributed by atoms with E-state index in [9.17, 15) is 17.2 Å². The van der Waals surface area contributed by atoms with Crippen molar-refractivity contribution in [3.05, 3.63) is 60.2 Å². The van der Waals surface area contributed by atoms with Crippen molar-refractivity contribution >= 4 is 10.0 Å². The molecule has 0 amide bonds. The lowest BCUT2D eigenvalue weighted by Gasteiger charge is -2.17. The van der Waals surface area contributed by atoms with Crippen LogP contribution < -0.4 is 10.5 Å². The molecule has 1 saturated heterocycles. The molecule has 1 heterocycles. The molecule has 1 aliphatic heterocycles. The largest absolute Gasteiger partial charge is 0.488 e. The Labute approximate surface area is 151 Å². The first kappa shape index (κ1) is 18.8. The number of benzene rings is 2.